The summed E-state index contributed by atoms with van der Waals surface area (Å²) < 4.78 is 19.6. The highest BCUT2D eigenvalue weighted by Gasteiger charge is 2.21. The fourth-order valence-electron chi connectivity index (χ4n) is 1.47. The number of hydrogen-bond donors (Lipinski definition) is 1. The molecule has 2 N–H and O–H groups in total. The van der Waals surface area contributed by atoms with Crippen LogP contribution in [-0.2, 0) is 4.74 Å². The molecule has 0 radical (unpaired) electrons. The Morgan fingerprint density at radius 3 is 3.00 bits per heavy atom. The minimum absolute atomic E-state index is 0.00745. The van der Waals surface area contributed by atoms with Gasteiger partial charge in [0, 0.05) is 0 Å². The molecule has 6 nitrogen and oxygen atoms in total. The zero-order chi connectivity index (χ0) is 14.0. The van der Waals surface area contributed by atoms with E-state index in [0.29, 0.717) is 0 Å². The molecule has 0 spiro atoms. The van der Waals surface area contributed by atoms with Crippen molar-refractivity contribution in [2.75, 3.05) is 12.3 Å². The lowest BCUT2D eigenvalue weighted by atomic mass is 10.3. The molecule has 100 valence electrons. The van der Waals surface area contributed by atoms with Gasteiger partial charge in [-0.2, -0.15) is 4.68 Å². The molecule has 0 aliphatic carbocycles. The molecular weight excluding hydrogens is 275 g/mol. The predicted molar refractivity (Wildman–Crippen MR) is 66.7 cm³/mol. The van der Waals surface area contributed by atoms with Crippen molar-refractivity contribution < 1.29 is 13.9 Å². The van der Waals surface area contributed by atoms with Gasteiger partial charge in [-0.1, -0.05) is 22.9 Å². The Kier molecular flexibility index (Phi) is 3.66. The van der Waals surface area contributed by atoms with Crippen molar-refractivity contribution in [1.29, 1.82) is 0 Å². The molecule has 8 heteroatoms. The van der Waals surface area contributed by atoms with E-state index in [9.17, 15) is 9.18 Å². The topological polar surface area (TPSA) is 83.0 Å². The highest BCUT2D eigenvalue weighted by Crippen LogP contribution is 2.23. The number of halogens is 2. The lowest BCUT2D eigenvalue weighted by Gasteiger charge is -2.05. The lowest BCUT2D eigenvalue weighted by molar-refractivity contribution is 0.0520. The van der Waals surface area contributed by atoms with E-state index < -0.39 is 11.8 Å². The van der Waals surface area contributed by atoms with E-state index in [2.05, 4.69) is 10.3 Å². The van der Waals surface area contributed by atoms with Crippen LogP contribution in [0.4, 0.5) is 10.2 Å². The van der Waals surface area contributed by atoms with Gasteiger partial charge in [-0.05, 0) is 19.1 Å². The Morgan fingerprint density at radius 2 is 2.32 bits per heavy atom. The van der Waals surface area contributed by atoms with Gasteiger partial charge < -0.3 is 10.5 Å². The zero-order valence-electron chi connectivity index (χ0n) is 9.93. The summed E-state index contributed by atoms with van der Waals surface area (Å²) in [6, 6.07) is 4.34. The van der Waals surface area contributed by atoms with Crippen LogP contribution < -0.4 is 5.73 Å². The van der Waals surface area contributed by atoms with Gasteiger partial charge in [-0.25, -0.2) is 9.18 Å². The van der Waals surface area contributed by atoms with Gasteiger partial charge in [0.2, 0.25) is 5.69 Å². The Labute approximate surface area is 112 Å². The second-order valence-corrected chi connectivity index (χ2v) is 3.94. The largest absolute Gasteiger partial charge is 0.461 e. The Bertz CT molecular complexity index is 629. The molecule has 0 amide bonds. The van der Waals surface area contributed by atoms with Crippen LogP contribution >= 0.6 is 11.6 Å². The first-order valence-electron chi connectivity index (χ1n) is 5.39. The number of ether oxygens (including phenoxy) is 1. The normalized spacial score (nSPS) is 10.5. The number of benzene rings is 1. The molecule has 0 bridgehead atoms. The van der Waals surface area contributed by atoms with Crippen LogP contribution in [0.1, 0.15) is 17.4 Å². The second kappa shape index (κ2) is 5.23. The number of carbonyl (C=O) groups is 1. The van der Waals surface area contributed by atoms with Crippen molar-refractivity contribution >= 4 is 23.4 Å². The van der Waals surface area contributed by atoms with E-state index in [-0.39, 0.29) is 28.8 Å². The monoisotopic (exact) mass is 284 g/mol. The van der Waals surface area contributed by atoms with Gasteiger partial charge in [0.05, 0.1) is 11.6 Å². The summed E-state index contributed by atoms with van der Waals surface area (Å²) >= 11 is 5.67. The summed E-state index contributed by atoms with van der Waals surface area (Å²) in [7, 11) is 0. The van der Waals surface area contributed by atoms with E-state index in [1.807, 2.05) is 0 Å². The quantitative estimate of drug-likeness (QED) is 0.869. The summed E-state index contributed by atoms with van der Waals surface area (Å²) in [6.07, 6.45) is 0. The average molecular weight is 285 g/mol. The van der Waals surface area contributed by atoms with Crippen molar-refractivity contribution in [2.45, 2.75) is 6.92 Å². The molecule has 2 rings (SSSR count). The Balaban J connectivity index is 2.48. The summed E-state index contributed by atoms with van der Waals surface area (Å²) in [5.41, 5.74) is 5.55. The SMILES string of the molecule is CCOC(=O)c1nnn(-c2cccc(Cl)c2F)c1N. The number of nitrogen functional groups attached to an aromatic ring is 1. The molecule has 0 aliphatic heterocycles. The molecule has 2 aromatic rings. The first-order chi connectivity index (χ1) is 9.06. The number of aromatic nitrogens is 3. The molecule has 19 heavy (non-hydrogen) atoms. The number of rotatable bonds is 3. The molecule has 0 atom stereocenters. The summed E-state index contributed by atoms with van der Waals surface area (Å²) in [5.74, 6) is -1.52. The highest BCUT2D eigenvalue weighted by atomic mass is 35.5. The van der Waals surface area contributed by atoms with Crippen LogP contribution in [0.15, 0.2) is 18.2 Å². The fraction of sp³-hybridized carbons (Fsp3) is 0.182. The second-order valence-electron chi connectivity index (χ2n) is 3.53. The van der Waals surface area contributed by atoms with Crippen molar-refractivity contribution in [3.05, 3.63) is 34.7 Å². The number of nitrogens with two attached hydrogens (primary N) is 1. The molecule has 0 aliphatic rings. The molecule has 0 fully saturated rings. The van der Waals surface area contributed by atoms with Gasteiger partial charge in [-0.15, -0.1) is 5.10 Å². The zero-order valence-corrected chi connectivity index (χ0v) is 10.7. The average Bonchev–Trinajstić information content (AvgIpc) is 2.75. The van der Waals surface area contributed by atoms with E-state index >= 15 is 0 Å². The van der Waals surface area contributed by atoms with Crippen molar-refractivity contribution in [1.82, 2.24) is 15.0 Å². The van der Waals surface area contributed by atoms with E-state index in [4.69, 9.17) is 22.1 Å². The number of hydrogen-bond acceptors (Lipinski definition) is 5. The van der Waals surface area contributed by atoms with E-state index in [1.165, 1.54) is 18.2 Å². The van der Waals surface area contributed by atoms with Gasteiger partial charge >= 0.3 is 5.97 Å². The minimum Gasteiger partial charge on any atom is -0.461 e. The molecule has 1 heterocycles. The molecule has 0 saturated heterocycles. The van der Waals surface area contributed by atoms with Crippen LogP contribution in [0.3, 0.4) is 0 Å². The van der Waals surface area contributed by atoms with Crippen LogP contribution in [-0.4, -0.2) is 27.6 Å². The molecule has 0 unspecified atom stereocenters. The Hall–Kier alpha value is -2.15. The van der Waals surface area contributed by atoms with Crippen molar-refractivity contribution in [3.8, 4) is 5.69 Å². The van der Waals surface area contributed by atoms with Gasteiger partial charge in [0.15, 0.2) is 11.6 Å². The fourth-order valence-corrected chi connectivity index (χ4v) is 1.64. The smallest absolute Gasteiger partial charge is 0.362 e. The third-order valence-electron chi connectivity index (χ3n) is 2.33. The summed E-state index contributed by atoms with van der Waals surface area (Å²) in [6.45, 7) is 1.83. The maximum absolute atomic E-state index is 13.8. The minimum atomic E-state index is -0.714. The Morgan fingerprint density at radius 1 is 1.58 bits per heavy atom. The van der Waals surface area contributed by atoms with Crippen LogP contribution in [0.2, 0.25) is 5.02 Å². The number of nitrogens with zero attached hydrogens (tertiary/aromatic N) is 3. The molecule has 1 aromatic heterocycles. The third-order valence-corrected chi connectivity index (χ3v) is 2.63. The van der Waals surface area contributed by atoms with Crippen LogP contribution in [0, 0.1) is 5.82 Å². The predicted octanol–water partition coefficient (Wildman–Crippen LogP) is 1.82. The molecule has 1 aromatic carbocycles. The maximum atomic E-state index is 13.8. The van der Waals surface area contributed by atoms with E-state index in [0.717, 1.165) is 4.68 Å². The van der Waals surface area contributed by atoms with Crippen molar-refractivity contribution in [2.24, 2.45) is 0 Å². The lowest BCUT2D eigenvalue weighted by Crippen LogP contribution is -2.10. The first-order valence-corrected chi connectivity index (χ1v) is 5.76. The summed E-state index contributed by atoms with van der Waals surface area (Å²) in [4.78, 5) is 11.5. The third kappa shape index (κ3) is 2.37. The molecule has 0 saturated carbocycles. The van der Waals surface area contributed by atoms with Crippen molar-refractivity contribution in [3.63, 3.8) is 0 Å². The first kappa shape index (κ1) is 13.3. The maximum Gasteiger partial charge on any atom is 0.362 e. The van der Waals surface area contributed by atoms with Crippen LogP contribution in [0.5, 0.6) is 0 Å². The van der Waals surface area contributed by atoms with Crippen LogP contribution in [0.25, 0.3) is 5.69 Å². The highest BCUT2D eigenvalue weighted by molar-refractivity contribution is 6.30. The molecular formula is C11H10ClFN4O2. The number of carbonyl (C=O) groups excluding carboxylic acids is 1. The van der Waals surface area contributed by atoms with E-state index in [1.54, 1.807) is 6.92 Å². The van der Waals surface area contributed by atoms with Gasteiger partial charge in [-0.3, -0.25) is 0 Å². The number of anilines is 1. The standard InChI is InChI=1S/C11H10ClFN4O2/c1-2-19-11(18)9-10(14)17(16-15-9)7-5-3-4-6(12)8(7)13/h3-5H,2,14H2,1H3. The van der Waals surface area contributed by atoms with Gasteiger partial charge in [0.1, 0.15) is 5.69 Å². The summed E-state index contributed by atoms with van der Waals surface area (Å²) in [5, 5.41) is 7.14. The number of esters is 1. The van der Waals surface area contributed by atoms with Gasteiger partial charge in [0.25, 0.3) is 0 Å².